The van der Waals surface area contributed by atoms with Crippen molar-refractivity contribution < 1.29 is 9.59 Å². The fourth-order valence-electron chi connectivity index (χ4n) is 1.60. The highest BCUT2D eigenvalue weighted by atomic mass is 35.5. The van der Waals surface area contributed by atoms with E-state index < -0.39 is 0 Å². The van der Waals surface area contributed by atoms with Crippen LogP contribution in [0.5, 0.6) is 0 Å². The van der Waals surface area contributed by atoms with Gasteiger partial charge in [-0.2, -0.15) is 0 Å². The van der Waals surface area contributed by atoms with Crippen molar-refractivity contribution in [2.24, 2.45) is 11.7 Å². The molecule has 0 aliphatic heterocycles. The van der Waals surface area contributed by atoms with Crippen molar-refractivity contribution in [2.75, 3.05) is 13.6 Å². The number of rotatable bonds is 6. The largest absolute Gasteiger partial charge is 0.341 e. The highest BCUT2D eigenvalue weighted by Crippen LogP contribution is 2.17. The summed E-state index contributed by atoms with van der Waals surface area (Å²) in [7, 11) is 1.77. The van der Waals surface area contributed by atoms with Crippen LogP contribution in [-0.2, 0) is 0 Å². The molecule has 0 radical (unpaired) electrons. The smallest absolute Gasteiger partial charge is 0.263 e. The van der Waals surface area contributed by atoms with Crippen molar-refractivity contribution in [1.29, 1.82) is 0 Å². The zero-order chi connectivity index (χ0) is 14.6. The van der Waals surface area contributed by atoms with E-state index in [0.717, 1.165) is 6.42 Å². The first-order valence-electron chi connectivity index (χ1n) is 6.43. The van der Waals surface area contributed by atoms with Crippen LogP contribution < -0.4 is 5.73 Å². The lowest BCUT2D eigenvalue weighted by atomic mass is 10.0. The van der Waals surface area contributed by atoms with E-state index in [1.807, 2.05) is 0 Å². The number of carbonyl (C=O) groups is 2. The minimum atomic E-state index is -0.0477. The summed E-state index contributed by atoms with van der Waals surface area (Å²) in [6.45, 7) is 6.28. The first-order chi connectivity index (χ1) is 8.82. The zero-order valence-corrected chi connectivity index (χ0v) is 14.0. The number of Topliss-reactive ketones (excluding diaryl/α,β-unsaturated/α-hetero) is 1. The molecule has 0 aliphatic carbocycles. The highest BCUT2D eigenvalue weighted by Gasteiger charge is 2.17. The Morgan fingerprint density at radius 1 is 1.40 bits per heavy atom. The molecule has 0 bridgehead atoms. The van der Waals surface area contributed by atoms with Gasteiger partial charge in [-0.3, -0.25) is 9.59 Å². The molecule has 2 N–H and O–H groups in total. The van der Waals surface area contributed by atoms with Gasteiger partial charge in [-0.15, -0.1) is 23.7 Å². The molecule has 0 aromatic carbocycles. The van der Waals surface area contributed by atoms with E-state index in [4.69, 9.17) is 5.73 Å². The van der Waals surface area contributed by atoms with Gasteiger partial charge in [0.1, 0.15) is 0 Å². The summed E-state index contributed by atoms with van der Waals surface area (Å²) in [5, 5.41) is 1.73. The second-order valence-electron chi connectivity index (χ2n) is 5.18. The number of hydrogen-bond acceptors (Lipinski definition) is 4. The Morgan fingerprint density at radius 3 is 2.45 bits per heavy atom. The third-order valence-electron chi connectivity index (χ3n) is 3.22. The van der Waals surface area contributed by atoms with Crippen molar-refractivity contribution in [1.82, 2.24) is 4.90 Å². The Kier molecular flexibility index (Phi) is 8.01. The average Bonchev–Trinajstić information content (AvgIpc) is 2.83. The second kappa shape index (κ2) is 8.39. The molecule has 4 nitrogen and oxygen atoms in total. The lowest BCUT2D eigenvalue weighted by Crippen LogP contribution is -2.34. The van der Waals surface area contributed by atoms with Crippen LogP contribution in [0.25, 0.3) is 0 Å². The van der Waals surface area contributed by atoms with Gasteiger partial charge in [0.25, 0.3) is 5.91 Å². The number of amides is 1. The number of carbonyl (C=O) groups excluding carboxylic acids is 2. The topological polar surface area (TPSA) is 63.4 Å². The van der Waals surface area contributed by atoms with E-state index >= 15 is 0 Å². The van der Waals surface area contributed by atoms with E-state index in [1.165, 1.54) is 18.3 Å². The van der Waals surface area contributed by atoms with Crippen LogP contribution in [0.2, 0.25) is 0 Å². The quantitative estimate of drug-likeness (QED) is 0.820. The van der Waals surface area contributed by atoms with Gasteiger partial charge in [0, 0.05) is 30.6 Å². The van der Waals surface area contributed by atoms with Gasteiger partial charge in [0.05, 0.1) is 4.88 Å². The zero-order valence-electron chi connectivity index (χ0n) is 12.4. The SMILES string of the molecule is CC(=O)c1csc(C(=O)N(C)CCC(N)C(C)C)c1.Cl. The van der Waals surface area contributed by atoms with Crippen molar-refractivity contribution in [3.05, 3.63) is 21.9 Å². The molecule has 20 heavy (non-hydrogen) atoms. The van der Waals surface area contributed by atoms with Crippen LogP contribution in [0, 0.1) is 5.92 Å². The van der Waals surface area contributed by atoms with Crippen LogP contribution in [0.4, 0.5) is 0 Å². The molecule has 1 unspecified atom stereocenters. The van der Waals surface area contributed by atoms with Crippen LogP contribution in [-0.4, -0.2) is 36.2 Å². The van der Waals surface area contributed by atoms with Crippen LogP contribution in [0.15, 0.2) is 11.4 Å². The maximum Gasteiger partial charge on any atom is 0.263 e. The van der Waals surface area contributed by atoms with Crippen molar-refractivity contribution >= 4 is 35.4 Å². The Hall–Kier alpha value is -0.910. The molecular weight excluding hydrogens is 296 g/mol. The summed E-state index contributed by atoms with van der Waals surface area (Å²) >= 11 is 1.31. The van der Waals surface area contributed by atoms with Gasteiger partial charge in [0.15, 0.2) is 5.78 Å². The molecule has 1 aromatic heterocycles. The molecule has 0 fully saturated rings. The first kappa shape index (κ1) is 19.1. The normalized spacial score (nSPS) is 11.9. The number of hydrogen-bond donors (Lipinski definition) is 1. The van der Waals surface area contributed by atoms with E-state index in [0.29, 0.717) is 22.9 Å². The molecule has 0 spiro atoms. The Labute approximate surface area is 130 Å². The van der Waals surface area contributed by atoms with E-state index in [2.05, 4.69) is 13.8 Å². The van der Waals surface area contributed by atoms with Crippen LogP contribution >= 0.6 is 23.7 Å². The average molecular weight is 319 g/mol. The van der Waals surface area contributed by atoms with Crippen molar-refractivity contribution in [3.63, 3.8) is 0 Å². The van der Waals surface area contributed by atoms with Gasteiger partial charge in [-0.05, 0) is 25.3 Å². The Morgan fingerprint density at radius 2 is 2.00 bits per heavy atom. The molecular formula is C14H23ClN2O2S. The summed E-state index contributed by atoms with van der Waals surface area (Å²) < 4.78 is 0. The van der Waals surface area contributed by atoms with Crippen LogP contribution in [0.3, 0.4) is 0 Å². The van der Waals surface area contributed by atoms with E-state index in [9.17, 15) is 9.59 Å². The molecule has 0 saturated carbocycles. The standard InChI is InChI=1S/C14H22N2O2S.ClH/c1-9(2)12(15)5-6-16(4)14(18)13-7-11(8-19-13)10(3)17;/h7-9,12H,5-6,15H2,1-4H3;1H. The Bertz CT molecular complexity index is 460. The number of thiophene rings is 1. The molecule has 0 saturated heterocycles. The predicted molar refractivity (Wildman–Crippen MR) is 86.0 cm³/mol. The van der Waals surface area contributed by atoms with Gasteiger partial charge in [0.2, 0.25) is 0 Å². The Balaban J connectivity index is 0.00000361. The highest BCUT2D eigenvalue weighted by molar-refractivity contribution is 7.12. The predicted octanol–water partition coefficient (Wildman–Crippen LogP) is 2.82. The molecule has 1 aromatic rings. The number of nitrogens with two attached hydrogens (primary N) is 1. The lowest BCUT2D eigenvalue weighted by molar-refractivity contribution is 0.0794. The maximum absolute atomic E-state index is 12.1. The van der Waals surface area contributed by atoms with Gasteiger partial charge >= 0.3 is 0 Å². The third-order valence-corrected chi connectivity index (χ3v) is 4.14. The fraction of sp³-hybridized carbons (Fsp3) is 0.571. The van der Waals surface area contributed by atoms with E-state index in [1.54, 1.807) is 23.4 Å². The lowest BCUT2D eigenvalue weighted by Gasteiger charge is -2.21. The number of ketones is 1. The summed E-state index contributed by atoms with van der Waals surface area (Å²) in [4.78, 5) is 25.6. The molecule has 1 heterocycles. The minimum Gasteiger partial charge on any atom is -0.341 e. The molecule has 1 amide bonds. The van der Waals surface area contributed by atoms with Crippen molar-refractivity contribution in [2.45, 2.75) is 33.2 Å². The molecule has 114 valence electrons. The molecule has 1 atom stereocenters. The number of nitrogens with zero attached hydrogens (tertiary/aromatic N) is 1. The molecule has 6 heteroatoms. The molecule has 0 aliphatic rings. The monoisotopic (exact) mass is 318 g/mol. The fourth-order valence-corrected chi connectivity index (χ4v) is 2.54. The van der Waals surface area contributed by atoms with E-state index in [-0.39, 0.29) is 30.1 Å². The summed E-state index contributed by atoms with van der Waals surface area (Å²) in [5.74, 6) is 0.350. The van der Waals surface area contributed by atoms with Gasteiger partial charge < -0.3 is 10.6 Å². The summed E-state index contributed by atoms with van der Waals surface area (Å²) in [6.07, 6.45) is 0.783. The molecule has 1 rings (SSSR count). The third kappa shape index (κ3) is 5.23. The van der Waals surface area contributed by atoms with Gasteiger partial charge in [-0.25, -0.2) is 0 Å². The summed E-state index contributed by atoms with van der Waals surface area (Å²) in [5.41, 5.74) is 6.57. The maximum atomic E-state index is 12.1. The first-order valence-corrected chi connectivity index (χ1v) is 7.31. The number of halogens is 1. The summed E-state index contributed by atoms with van der Waals surface area (Å²) in [6, 6.07) is 1.76. The van der Waals surface area contributed by atoms with Crippen molar-refractivity contribution in [3.8, 4) is 0 Å². The van der Waals surface area contributed by atoms with Crippen LogP contribution in [0.1, 0.15) is 47.2 Å². The van der Waals surface area contributed by atoms with Gasteiger partial charge in [-0.1, -0.05) is 13.8 Å². The minimum absolute atomic E-state index is 0. The second-order valence-corrected chi connectivity index (χ2v) is 6.09.